The van der Waals surface area contributed by atoms with E-state index in [1.54, 1.807) is 6.92 Å². The van der Waals surface area contributed by atoms with Gasteiger partial charge in [-0.05, 0) is 38.0 Å². The summed E-state index contributed by atoms with van der Waals surface area (Å²) in [5, 5.41) is 21.5. The molecular weight excluding hydrogens is 282 g/mol. The van der Waals surface area contributed by atoms with E-state index >= 15 is 0 Å². The summed E-state index contributed by atoms with van der Waals surface area (Å²) < 4.78 is 0. The maximum Gasteiger partial charge on any atom is 0.311 e. The summed E-state index contributed by atoms with van der Waals surface area (Å²) in [5.41, 5.74) is -0.636. The van der Waals surface area contributed by atoms with E-state index in [9.17, 15) is 19.8 Å². The van der Waals surface area contributed by atoms with Gasteiger partial charge < -0.3 is 15.5 Å². The normalized spacial score (nSPS) is 25.4. The molecule has 1 amide bonds. The van der Waals surface area contributed by atoms with E-state index in [0.717, 1.165) is 6.42 Å². The first-order valence-corrected chi connectivity index (χ1v) is 6.75. The van der Waals surface area contributed by atoms with Gasteiger partial charge >= 0.3 is 5.97 Å². The second kappa shape index (κ2) is 5.32. The number of aromatic hydroxyl groups is 1. The highest BCUT2D eigenvalue weighted by atomic mass is 35.5. The lowest BCUT2D eigenvalue weighted by molar-refractivity contribution is -0.148. The molecule has 0 aliphatic heterocycles. The Bertz CT molecular complexity index is 560. The molecule has 0 radical (unpaired) electrons. The van der Waals surface area contributed by atoms with Crippen LogP contribution in [0.3, 0.4) is 0 Å². The average Bonchev–Trinajstić information content (AvgIpc) is 2.75. The van der Waals surface area contributed by atoms with Crippen LogP contribution in [0.4, 0.5) is 0 Å². The van der Waals surface area contributed by atoms with Gasteiger partial charge in [0.2, 0.25) is 0 Å². The monoisotopic (exact) mass is 297 g/mol. The Morgan fingerprint density at radius 2 is 2.15 bits per heavy atom. The molecule has 108 valence electrons. The zero-order valence-electron chi connectivity index (χ0n) is 11.0. The maximum absolute atomic E-state index is 12.1. The Morgan fingerprint density at radius 1 is 1.45 bits per heavy atom. The number of carboxylic acid groups (broad SMARTS) is 1. The predicted octanol–water partition coefficient (Wildman–Crippen LogP) is 2.42. The van der Waals surface area contributed by atoms with E-state index in [-0.39, 0.29) is 16.7 Å². The molecule has 0 saturated heterocycles. The number of nitrogens with one attached hydrogen (secondary N) is 1. The summed E-state index contributed by atoms with van der Waals surface area (Å²) in [6.07, 6.45) is 1.95. The van der Waals surface area contributed by atoms with Crippen LogP contribution in [0.5, 0.6) is 5.75 Å². The Labute approximate surface area is 121 Å². The molecular formula is C14H16ClNO4. The van der Waals surface area contributed by atoms with Crippen molar-refractivity contribution >= 4 is 23.5 Å². The zero-order valence-corrected chi connectivity index (χ0v) is 11.8. The molecule has 2 atom stereocenters. The van der Waals surface area contributed by atoms with E-state index in [0.29, 0.717) is 18.4 Å². The molecule has 0 bridgehead atoms. The Balaban J connectivity index is 2.15. The molecule has 1 aliphatic carbocycles. The molecule has 1 aromatic carbocycles. The summed E-state index contributed by atoms with van der Waals surface area (Å²) in [7, 11) is 0. The van der Waals surface area contributed by atoms with E-state index in [2.05, 4.69) is 5.32 Å². The molecule has 20 heavy (non-hydrogen) atoms. The van der Waals surface area contributed by atoms with Gasteiger partial charge in [-0.15, -0.1) is 0 Å². The number of hydrogen-bond donors (Lipinski definition) is 3. The van der Waals surface area contributed by atoms with Crippen molar-refractivity contribution in [3.05, 3.63) is 28.8 Å². The third-order valence-corrected chi connectivity index (χ3v) is 4.26. The summed E-state index contributed by atoms with van der Waals surface area (Å²) in [6, 6.07) is 3.74. The number of benzene rings is 1. The van der Waals surface area contributed by atoms with Crippen LogP contribution in [0.25, 0.3) is 0 Å². The number of hydrogen-bond acceptors (Lipinski definition) is 3. The molecule has 1 fully saturated rings. The van der Waals surface area contributed by atoms with Gasteiger partial charge in [0.05, 0.1) is 10.4 Å². The number of carbonyl (C=O) groups excluding carboxylic acids is 1. The zero-order chi connectivity index (χ0) is 14.9. The fraction of sp³-hybridized carbons (Fsp3) is 0.429. The highest BCUT2D eigenvalue weighted by Crippen LogP contribution is 2.38. The van der Waals surface area contributed by atoms with Gasteiger partial charge in [-0.1, -0.05) is 18.0 Å². The number of carbonyl (C=O) groups is 2. The van der Waals surface area contributed by atoms with Crippen LogP contribution in [0, 0.1) is 5.41 Å². The number of rotatable bonds is 3. The fourth-order valence-electron chi connectivity index (χ4n) is 2.54. The number of phenolic OH excluding ortho intramolecular Hbond substituents is 1. The lowest BCUT2D eigenvalue weighted by Crippen LogP contribution is -2.47. The number of aliphatic carboxylic acids is 1. The van der Waals surface area contributed by atoms with Crippen molar-refractivity contribution in [1.82, 2.24) is 5.32 Å². The molecule has 2 unspecified atom stereocenters. The molecule has 0 spiro atoms. The average molecular weight is 298 g/mol. The lowest BCUT2D eigenvalue weighted by atomic mass is 9.85. The minimum Gasteiger partial charge on any atom is -0.506 e. The predicted molar refractivity (Wildman–Crippen MR) is 74.0 cm³/mol. The highest BCUT2D eigenvalue weighted by molar-refractivity contribution is 6.32. The van der Waals surface area contributed by atoms with E-state index < -0.39 is 17.4 Å². The number of halogens is 1. The van der Waals surface area contributed by atoms with Gasteiger partial charge in [0.15, 0.2) is 0 Å². The molecule has 0 heterocycles. The lowest BCUT2D eigenvalue weighted by Gasteiger charge is -2.27. The van der Waals surface area contributed by atoms with Crippen LogP contribution in [-0.2, 0) is 4.79 Å². The first kappa shape index (κ1) is 14.7. The van der Waals surface area contributed by atoms with Crippen molar-refractivity contribution in [1.29, 1.82) is 0 Å². The van der Waals surface area contributed by atoms with Crippen LogP contribution in [0.2, 0.25) is 5.02 Å². The quantitative estimate of drug-likeness (QED) is 0.799. The van der Waals surface area contributed by atoms with Crippen molar-refractivity contribution in [3.63, 3.8) is 0 Å². The third kappa shape index (κ3) is 2.58. The summed E-state index contributed by atoms with van der Waals surface area (Å²) in [4.78, 5) is 23.5. The van der Waals surface area contributed by atoms with Crippen LogP contribution >= 0.6 is 11.6 Å². The van der Waals surface area contributed by atoms with Crippen molar-refractivity contribution < 1.29 is 19.8 Å². The smallest absolute Gasteiger partial charge is 0.311 e. The molecule has 3 N–H and O–H groups in total. The number of amides is 1. The van der Waals surface area contributed by atoms with Crippen LogP contribution < -0.4 is 5.32 Å². The van der Waals surface area contributed by atoms with Crippen molar-refractivity contribution in [3.8, 4) is 5.75 Å². The van der Waals surface area contributed by atoms with Gasteiger partial charge in [0.1, 0.15) is 5.75 Å². The summed E-state index contributed by atoms with van der Waals surface area (Å²) >= 11 is 5.76. The van der Waals surface area contributed by atoms with Crippen molar-refractivity contribution in [2.24, 2.45) is 5.41 Å². The summed E-state index contributed by atoms with van der Waals surface area (Å²) in [6.45, 7) is 1.65. The van der Waals surface area contributed by atoms with Crippen LogP contribution in [-0.4, -0.2) is 28.1 Å². The molecule has 1 saturated carbocycles. The van der Waals surface area contributed by atoms with Crippen LogP contribution in [0.1, 0.15) is 36.5 Å². The Kier molecular flexibility index (Phi) is 3.90. The topological polar surface area (TPSA) is 86.6 Å². The molecule has 1 aromatic rings. The molecule has 6 heteroatoms. The van der Waals surface area contributed by atoms with Gasteiger partial charge in [-0.3, -0.25) is 9.59 Å². The maximum atomic E-state index is 12.1. The Morgan fingerprint density at radius 3 is 2.75 bits per heavy atom. The second-order valence-corrected chi connectivity index (χ2v) is 5.71. The minimum absolute atomic E-state index is 0.0880. The first-order valence-electron chi connectivity index (χ1n) is 6.37. The van der Waals surface area contributed by atoms with Crippen molar-refractivity contribution in [2.75, 3.05) is 0 Å². The van der Waals surface area contributed by atoms with Gasteiger partial charge in [0.25, 0.3) is 5.91 Å². The third-order valence-electron chi connectivity index (χ3n) is 3.96. The standard InChI is InChI=1S/C14H16ClNO4/c1-14(13(19)20)6-2-3-11(14)16-12(18)8-4-5-10(17)9(15)7-8/h4-5,7,11,17H,2-3,6H2,1H3,(H,16,18)(H,19,20). The van der Waals surface area contributed by atoms with E-state index in [1.165, 1.54) is 18.2 Å². The second-order valence-electron chi connectivity index (χ2n) is 5.31. The molecule has 5 nitrogen and oxygen atoms in total. The van der Waals surface area contributed by atoms with E-state index in [1.807, 2.05) is 0 Å². The number of phenols is 1. The molecule has 2 rings (SSSR count). The Hall–Kier alpha value is -1.75. The molecule has 0 aromatic heterocycles. The summed E-state index contributed by atoms with van der Waals surface area (Å²) in [5.74, 6) is -1.38. The minimum atomic E-state index is -0.934. The fourth-order valence-corrected chi connectivity index (χ4v) is 2.72. The van der Waals surface area contributed by atoms with Crippen molar-refractivity contribution in [2.45, 2.75) is 32.2 Å². The van der Waals surface area contributed by atoms with Crippen LogP contribution in [0.15, 0.2) is 18.2 Å². The van der Waals surface area contributed by atoms with Gasteiger partial charge in [0, 0.05) is 11.6 Å². The largest absolute Gasteiger partial charge is 0.506 e. The van der Waals surface area contributed by atoms with E-state index in [4.69, 9.17) is 11.6 Å². The van der Waals surface area contributed by atoms with Gasteiger partial charge in [-0.2, -0.15) is 0 Å². The molecule has 1 aliphatic rings. The van der Waals surface area contributed by atoms with Gasteiger partial charge in [-0.25, -0.2) is 0 Å². The SMILES string of the molecule is CC1(C(=O)O)CCCC1NC(=O)c1ccc(O)c(Cl)c1. The first-order chi connectivity index (χ1) is 9.34. The number of carboxylic acids is 1. The highest BCUT2D eigenvalue weighted by Gasteiger charge is 2.45.